The molecule has 1 amide bonds. The molecular formula is C14H23NO4. The van der Waals surface area contributed by atoms with E-state index in [0.717, 1.165) is 38.5 Å². The topological polar surface area (TPSA) is 66.8 Å². The van der Waals surface area contributed by atoms with Crippen LogP contribution in [0.1, 0.15) is 44.9 Å². The van der Waals surface area contributed by atoms with E-state index in [4.69, 9.17) is 9.84 Å². The number of nitrogens with zero attached hydrogens (tertiary/aromatic N) is 1. The highest BCUT2D eigenvalue weighted by Gasteiger charge is 2.43. The molecule has 1 saturated carbocycles. The SMILES string of the molecule is COC1(C(=O)N2CCCC(C(=O)O)C2)CCCCC1. The molecule has 0 aromatic heterocycles. The standard InChI is InChI=1S/C14H23NO4/c1-19-14(7-3-2-4-8-14)13(18)15-9-5-6-11(10-15)12(16)17/h11H,2-10H2,1H3,(H,16,17). The molecule has 19 heavy (non-hydrogen) atoms. The molecule has 5 heteroatoms. The molecule has 2 aliphatic rings. The van der Waals surface area contributed by atoms with Gasteiger partial charge in [-0.15, -0.1) is 0 Å². The van der Waals surface area contributed by atoms with Gasteiger partial charge in [0.2, 0.25) is 0 Å². The first-order valence-electron chi connectivity index (χ1n) is 7.16. The summed E-state index contributed by atoms with van der Waals surface area (Å²) in [5, 5.41) is 9.10. The third kappa shape index (κ3) is 2.91. The van der Waals surface area contributed by atoms with E-state index in [1.165, 1.54) is 0 Å². The first kappa shape index (κ1) is 14.3. The van der Waals surface area contributed by atoms with E-state index in [1.54, 1.807) is 12.0 Å². The van der Waals surface area contributed by atoms with E-state index in [-0.39, 0.29) is 5.91 Å². The van der Waals surface area contributed by atoms with E-state index in [0.29, 0.717) is 19.5 Å². The number of carbonyl (C=O) groups excluding carboxylic acids is 1. The van der Waals surface area contributed by atoms with Gasteiger partial charge in [-0.1, -0.05) is 19.3 Å². The third-order valence-electron chi connectivity index (χ3n) is 4.50. The number of amides is 1. The van der Waals surface area contributed by atoms with Crippen molar-refractivity contribution in [1.82, 2.24) is 4.90 Å². The van der Waals surface area contributed by atoms with E-state index >= 15 is 0 Å². The van der Waals surface area contributed by atoms with E-state index in [9.17, 15) is 9.59 Å². The highest BCUT2D eigenvalue weighted by atomic mass is 16.5. The second-order valence-corrected chi connectivity index (χ2v) is 5.69. The molecule has 5 nitrogen and oxygen atoms in total. The summed E-state index contributed by atoms with van der Waals surface area (Å²) in [6.07, 6.45) is 6.12. The summed E-state index contributed by atoms with van der Waals surface area (Å²) in [7, 11) is 1.60. The number of carboxylic acids is 1. The van der Waals surface area contributed by atoms with Gasteiger partial charge in [0.25, 0.3) is 5.91 Å². The van der Waals surface area contributed by atoms with Gasteiger partial charge in [0.15, 0.2) is 0 Å². The Balaban J connectivity index is 2.06. The van der Waals surface area contributed by atoms with Crippen LogP contribution in [0.4, 0.5) is 0 Å². The molecule has 1 heterocycles. The van der Waals surface area contributed by atoms with Gasteiger partial charge in [-0.3, -0.25) is 9.59 Å². The van der Waals surface area contributed by atoms with Crippen LogP contribution in [0.15, 0.2) is 0 Å². The van der Waals surface area contributed by atoms with Crippen molar-refractivity contribution in [2.75, 3.05) is 20.2 Å². The minimum absolute atomic E-state index is 0.000602. The first-order valence-corrected chi connectivity index (χ1v) is 7.16. The van der Waals surface area contributed by atoms with E-state index < -0.39 is 17.5 Å². The number of hydrogen-bond acceptors (Lipinski definition) is 3. The fraction of sp³-hybridized carbons (Fsp3) is 0.857. The molecule has 1 N–H and O–H groups in total. The zero-order valence-electron chi connectivity index (χ0n) is 11.6. The first-order chi connectivity index (χ1) is 9.09. The second kappa shape index (κ2) is 5.90. The average Bonchev–Trinajstić information content (AvgIpc) is 2.47. The lowest BCUT2D eigenvalue weighted by molar-refractivity contribution is -0.162. The zero-order valence-corrected chi connectivity index (χ0v) is 11.6. The van der Waals surface area contributed by atoms with Gasteiger partial charge in [0, 0.05) is 20.2 Å². The maximum absolute atomic E-state index is 12.7. The molecule has 0 aromatic carbocycles. The molecule has 2 fully saturated rings. The van der Waals surface area contributed by atoms with Gasteiger partial charge in [-0.2, -0.15) is 0 Å². The molecule has 1 unspecified atom stereocenters. The quantitative estimate of drug-likeness (QED) is 0.846. The van der Waals surface area contributed by atoms with Crippen molar-refractivity contribution >= 4 is 11.9 Å². The molecule has 2 rings (SSSR count). The number of carboxylic acid groups (broad SMARTS) is 1. The monoisotopic (exact) mass is 269 g/mol. The summed E-state index contributed by atoms with van der Waals surface area (Å²) < 4.78 is 5.55. The Labute approximate surface area is 113 Å². The maximum Gasteiger partial charge on any atom is 0.308 e. The normalized spacial score (nSPS) is 27.0. The average molecular weight is 269 g/mol. The molecule has 1 atom stereocenters. The Morgan fingerprint density at radius 1 is 1.21 bits per heavy atom. The lowest BCUT2D eigenvalue weighted by atomic mass is 9.82. The Hall–Kier alpha value is -1.10. The molecule has 108 valence electrons. The number of ether oxygens (including phenoxy) is 1. The minimum atomic E-state index is -0.799. The molecule has 0 aromatic rings. The number of aliphatic carboxylic acids is 1. The second-order valence-electron chi connectivity index (χ2n) is 5.69. The minimum Gasteiger partial charge on any atom is -0.481 e. The van der Waals surface area contributed by atoms with Crippen LogP contribution < -0.4 is 0 Å². The predicted molar refractivity (Wildman–Crippen MR) is 69.8 cm³/mol. The van der Waals surface area contributed by atoms with Gasteiger partial charge >= 0.3 is 5.97 Å². The van der Waals surface area contributed by atoms with Gasteiger partial charge in [-0.25, -0.2) is 0 Å². The molecule has 0 bridgehead atoms. The van der Waals surface area contributed by atoms with Gasteiger partial charge in [0.05, 0.1) is 5.92 Å². The summed E-state index contributed by atoms with van der Waals surface area (Å²) in [5.41, 5.74) is -0.696. The molecule has 1 saturated heterocycles. The predicted octanol–water partition coefficient (Wildman–Crippen LogP) is 1.66. The van der Waals surface area contributed by atoms with Crippen molar-refractivity contribution in [3.63, 3.8) is 0 Å². The Bertz CT molecular complexity index is 349. The molecule has 0 spiro atoms. The van der Waals surface area contributed by atoms with Crippen molar-refractivity contribution in [2.24, 2.45) is 5.92 Å². The lowest BCUT2D eigenvalue weighted by Crippen LogP contribution is -2.54. The number of methoxy groups -OCH3 is 1. The van der Waals surface area contributed by atoms with Crippen molar-refractivity contribution in [3.05, 3.63) is 0 Å². The summed E-state index contributed by atoms with van der Waals surface area (Å²) in [6.45, 7) is 0.993. The Kier molecular flexibility index (Phi) is 4.45. The van der Waals surface area contributed by atoms with Crippen LogP contribution in [-0.4, -0.2) is 47.7 Å². The van der Waals surface area contributed by atoms with Crippen molar-refractivity contribution in [1.29, 1.82) is 0 Å². The maximum atomic E-state index is 12.7. The number of piperidine rings is 1. The third-order valence-corrected chi connectivity index (χ3v) is 4.50. The van der Waals surface area contributed by atoms with Crippen molar-refractivity contribution < 1.29 is 19.4 Å². The molecule has 1 aliphatic carbocycles. The largest absolute Gasteiger partial charge is 0.481 e. The highest BCUT2D eigenvalue weighted by Crippen LogP contribution is 2.34. The van der Waals surface area contributed by atoms with E-state index in [2.05, 4.69) is 0 Å². The van der Waals surface area contributed by atoms with Gasteiger partial charge < -0.3 is 14.7 Å². The fourth-order valence-electron chi connectivity index (χ4n) is 3.28. The summed E-state index contributed by atoms with van der Waals surface area (Å²) >= 11 is 0. The van der Waals surface area contributed by atoms with Gasteiger partial charge in [-0.05, 0) is 25.7 Å². The number of hydrogen-bond donors (Lipinski definition) is 1. The number of rotatable bonds is 3. The number of likely N-dealkylation sites (tertiary alicyclic amines) is 1. The zero-order chi connectivity index (χ0) is 13.9. The van der Waals surface area contributed by atoms with Gasteiger partial charge in [0.1, 0.15) is 5.60 Å². The number of carbonyl (C=O) groups is 2. The van der Waals surface area contributed by atoms with Crippen LogP contribution in [0.3, 0.4) is 0 Å². The summed E-state index contributed by atoms with van der Waals surface area (Å²) in [6, 6.07) is 0. The molecular weight excluding hydrogens is 246 g/mol. The van der Waals surface area contributed by atoms with Crippen LogP contribution in [0.25, 0.3) is 0 Å². The molecule has 1 aliphatic heterocycles. The lowest BCUT2D eigenvalue weighted by Gasteiger charge is -2.41. The van der Waals surface area contributed by atoms with Crippen molar-refractivity contribution in [3.8, 4) is 0 Å². The van der Waals surface area contributed by atoms with Crippen LogP contribution in [0.5, 0.6) is 0 Å². The smallest absolute Gasteiger partial charge is 0.308 e. The summed E-state index contributed by atoms with van der Waals surface area (Å²) in [5.74, 6) is -1.22. The Morgan fingerprint density at radius 2 is 1.89 bits per heavy atom. The highest BCUT2D eigenvalue weighted by molar-refractivity contribution is 5.86. The van der Waals surface area contributed by atoms with Crippen LogP contribution in [-0.2, 0) is 14.3 Å². The van der Waals surface area contributed by atoms with Crippen LogP contribution >= 0.6 is 0 Å². The van der Waals surface area contributed by atoms with E-state index in [1.807, 2.05) is 0 Å². The van der Waals surface area contributed by atoms with Crippen molar-refractivity contribution in [2.45, 2.75) is 50.5 Å². The van der Waals surface area contributed by atoms with Crippen LogP contribution in [0, 0.1) is 5.92 Å². The molecule has 0 radical (unpaired) electrons. The van der Waals surface area contributed by atoms with Crippen LogP contribution in [0.2, 0.25) is 0 Å². The Morgan fingerprint density at radius 3 is 2.47 bits per heavy atom. The fourth-order valence-corrected chi connectivity index (χ4v) is 3.28. The summed E-state index contributed by atoms with van der Waals surface area (Å²) in [4.78, 5) is 25.5.